The van der Waals surface area contributed by atoms with Gasteiger partial charge in [0.1, 0.15) is 11.2 Å². The SMILES string of the molecule is CC(C)(C)OC(=O)/C(C=O)=C/O. The topological polar surface area (TPSA) is 63.6 Å². The van der Waals surface area contributed by atoms with E-state index in [4.69, 9.17) is 9.84 Å². The van der Waals surface area contributed by atoms with Crippen LogP contribution in [-0.4, -0.2) is 23.0 Å². The van der Waals surface area contributed by atoms with Gasteiger partial charge in [-0.05, 0) is 20.8 Å². The molecule has 0 aliphatic carbocycles. The molecule has 0 aromatic heterocycles. The Morgan fingerprint density at radius 1 is 1.42 bits per heavy atom. The van der Waals surface area contributed by atoms with E-state index in [-0.39, 0.29) is 11.9 Å². The zero-order valence-corrected chi connectivity index (χ0v) is 7.33. The monoisotopic (exact) mass is 172 g/mol. The lowest BCUT2D eigenvalue weighted by Gasteiger charge is -2.18. The molecule has 0 saturated carbocycles. The Bertz CT molecular complexity index is 210. The lowest BCUT2D eigenvalue weighted by molar-refractivity contribution is -0.150. The summed E-state index contributed by atoms with van der Waals surface area (Å²) in [5.74, 6) is -0.819. The molecule has 0 aromatic rings. The van der Waals surface area contributed by atoms with Crippen LogP contribution in [-0.2, 0) is 14.3 Å². The van der Waals surface area contributed by atoms with E-state index in [1.54, 1.807) is 20.8 Å². The Kier molecular flexibility index (Phi) is 3.47. The molecule has 4 heteroatoms. The second-order valence-electron chi connectivity index (χ2n) is 3.20. The minimum atomic E-state index is -0.819. The molecule has 0 aliphatic rings. The van der Waals surface area contributed by atoms with E-state index in [1.807, 2.05) is 0 Å². The van der Waals surface area contributed by atoms with Gasteiger partial charge in [0.2, 0.25) is 0 Å². The summed E-state index contributed by atoms with van der Waals surface area (Å²) in [5.41, 5.74) is -1.04. The van der Waals surface area contributed by atoms with E-state index < -0.39 is 11.6 Å². The van der Waals surface area contributed by atoms with Crippen LogP contribution in [0.5, 0.6) is 0 Å². The van der Waals surface area contributed by atoms with E-state index in [0.29, 0.717) is 6.26 Å². The predicted molar refractivity (Wildman–Crippen MR) is 42.6 cm³/mol. The van der Waals surface area contributed by atoms with Crippen LogP contribution in [0.25, 0.3) is 0 Å². The van der Waals surface area contributed by atoms with Gasteiger partial charge < -0.3 is 9.84 Å². The molecule has 12 heavy (non-hydrogen) atoms. The standard InChI is InChI=1S/C8H12O4/c1-8(2,3)12-7(11)6(4-9)5-10/h4-5,9H,1-3H3/b6-4+. The number of aliphatic hydroxyl groups excluding tert-OH is 1. The summed E-state index contributed by atoms with van der Waals surface area (Å²) in [6.07, 6.45) is 0.676. The molecule has 0 atom stereocenters. The Morgan fingerprint density at radius 2 is 1.92 bits per heavy atom. The summed E-state index contributed by atoms with van der Waals surface area (Å²) in [5, 5.41) is 8.40. The second kappa shape index (κ2) is 3.90. The molecule has 0 aliphatic heterocycles. The summed E-state index contributed by atoms with van der Waals surface area (Å²) < 4.78 is 4.78. The third-order valence-corrected chi connectivity index (χ3v) is 0.901. The molecule has 0 saturated heterocycles. The van der Waals surface area contributed by atoms with E-state index in [2.05, 4.69) is 0 Å². The largest absolute Gasteiger partial charge is 0.515 e. The first-order valence-electron chi connectivity index (χ1n) is 3.43. The molecular formula is C8H12O4. The molecule has 1 N–H and O–H groups in total. The van der Waals surface area contributed by atoms with Gasteiger partial charge in [0.15, 0.2) is 6.29 Å². The van der Waals surface area contributed by atoms with Crippen LogP contribution in [0.1, 0.15) is 20.8 Å². The molecule has 0 spiro atoms. The molecule has 0 fully saturated rings. The van der Waals surface area contributed by atoms with Gasteiger partial charge in [0.05, 0.1) is 6.26 Å². The number of esters is 1. The van der Waals surface area contributed by atoms with Crippen LogP contribution in [0.4, 0.5) is 0 Å². The number of hydrogen-bond acceptors (Lipinski definition) is 4. The van der Waals surface area contributed by atoms with Gasteiger partial charge in [0.25, 0.3) is 0 Å². The molecular weight excluding hydrogens is 160 g/mol. The zero-order chi connectivity index (χ0) is 9.78. The van der Waals surface area contributed by atoms with E-state index in [0.717, 1.165) is 0 Å². The lowest BCUT2D eigenvalue weighted by atomic mass is 10.2. The molecule has 0 amide bonds. The number of aldehydes is 1. The quantitative estimate of drug-likeness (QED) is 0.168. The highest BCUT2D eigenvalue weighted by molar-refractivity contribution is 6.07. The molecule has 0 unspecified atom stereocenters. The van der Waals surface area contributed by atoms with E-state index >= 15 is 0 Å². The van der Waals surface area contributed by atoms with Gasteiger partial charge in [0, 0.05) is 0 Å². The average Bonchev–Trinajstić information content (AvgIpc) is 1.85. The summed E-state index contributed by atoms with van der Waals surface area (Å²) >= 11 is 0. The van der Waals surface area contributed by atoms with Crippen LogP contribution >= 0.6 is 0 Å². The highest BCUT2D eigenvalue weighted by atomic mass is 16.6. The van der Waals surface area contributed by atoms with Crippen LogP contribution in [0.3, 0.4) is 0 Å². The summed E-state index contributed by atoms with van der Waals surface area (Å²) in [6.45, 7) is 5.01. The van der Waals surface area contributed by atoms with Crippen molar-refractivity contribution in [3.8, 4) is 0 Å². The third-order valence-electron chi connectivity index (χ3n) is 0.901. The van der Waals surface area contributed by atoms with Crippen molar-refractivity contribution < 1.29 is 19.4 Å². The highest BCUT2D eigenvalue weighted by Crippen LogP contribution is 2.09. The van der Waals surface area contributed by atoms with Crippen molar-refractivity contribution in [2.75, 3.05) is 0 Å². The number of carbonyl (C=O) groups is 2. The van der Waals surface area contributed by atoms with Gasteiger partial charge in [-0.15, -0.1) is 0 Å². The molecule has 0 rings (SSSR count). The Labute approximate surface area is 70.8 Å². The van der Waals surface area contributed by atoms with Crippen molar-refractivity contribution in [3.63, 3.8) is 0 Å². The fourth-order valence-corrected chi connectivity index (χ4v) is 0.468. The van der Waals surface area contributed by atoms with Gasteiger partial charge in [-0.2, -0.15) is 0 Å². The van der Waals surface area contributed by atoms with Crippen molar-refractivity contribution in [2.45, 2.75) is 26.4 Å². The average molecular weight is 172 g/mol. The maximum Gasteiger partial charge on any atom is 0.345 e. The van der Waals surface area contributed by atoms with Gasteiger partial charge in [-0.1, -0.05) is 0 Å². The first-order valence-corrected chi connectivity index (χ1v) is 3.43. The van der Waals surface area contributed by atoms with Gasteiger partial charge in [-0.25, -0.2) is 4.79 Å². The normalized spacial score (nSPS) is 12.4. The van der Waals surface area contributed by atoms with Crippen LogP contribution in [0.2, 0.25) is 0 Å². The number of carbonyl (C=O) groups excluding carboxylic acids is 2. The number of rotatable bonds is 2. The van der Waals surface area contributed by atoms with Crippen LogP contribution in [0, 0.1) is 0 Å². The first kappa shape index (κ1) is 10.7. The zero-order valence-electron chi connectivity index (χ0n) is 7.33. The van der Waals surface area contributed by atoms with Crippen molar-refractivity contribution in [2.24, 2.45) is 0 Å². The molecule has 0 aromatic carbocycles. The molecule has 0 radical (unpaired) electrons. The molecule has 68 valence electrons. The maximum atomic E-state index is 10.9. The highest BCUT2D eigenvalue weighted by Gasteiger charge is 2.19. The van der Waals surface area contributed by atoms with Gasteiger partial charge in [-0.3, -0.25) is 4.79 Å². The molecule has 4 nitrogen and oxygen atoms in total. The Balaban J connectivity index is 4.32. The molecule has 0 bridgehead atoms. The number of ether oxygens (including phenoxy) is 1. The lowest BCUT2D eigenvalue weighted by Crippen LogP contribution is -2.25. The van der Waals surface area contributed by atoms with Crippen molar-refractivity contribution >= 4 is 12.3 Å². The van der Waals surface area contributed by atoms with Crippen LogP contribution < -0.4 is 0 Å². The third kappa shape index (κ3) is 3.75. The fraction of sp³-hybridized carbons (Fsp3) is 0.500. The van der Waals surface area contributed by atoms with Crippen LogP contribution in [0.15, 0.2) is 11.8 Å². The van der Waals surface area contributed by atoms with Crippen molar-refractivity contribution in [3.05, 3.63) is 11.8 Å². The van der Waals surface area contributed by atoms with E-state index in [1.165, 1.54) is 0 Å². The van der Waals surface area contributed by atoms with E-state index in [9.17, 15) is 9.59 Å². The molecule has 0 heterocycles. The smallest absolute Gasteiger partial charge is 0.345 e. The number of aliphatic hydroxyl groups is 1. The predicted octanol–water partition coefficient (Wildman–Crippen LogP) is 0.969. The summed E-state index contributed by atoms with van der Waals surface area (Å²) in [7, 11) is 0. The minimum absolute atomic E-state index is 0.244. The maximum absolute atomic E-state index is 10.9. The van der Waals surface area contributed by atoms with Gasteiger partial charge >= 0.3 is 5.97 Å². The first-order chi connectivity index (χ1) is 5.40. The Morgan fingerprint density at radius 3 is 2.17 bits per heavy atom. The Hall–Kier alpha value is -1.32. The van der Waals surface area contributed by atoms with Crippen molar-refractivity contribution in [1.29, 1.82) is 0 Å². The summed E-state index contributed by atoms with van der Waals surface area (Å²) in [6, 6.07) is 0. The minimum Gasteiger partial charge on any atom is -0.515 e. The number of hydrogen-bond donors (Lipinski definition) is 1. The summed E-state index contributed by atoms with van der Waals surface area (Å²) in [4.78, 5) is 21.1. The second-order valence-corrected chi connectivity index (χ2v) is 3.20. The van der Waals surface area contributed by atoms with Crippen molar-refractivity contribution in [1.82, 2.24) is 0 Å². The fourth-order valence-electron chi connectivity index (χ4n) is 0.468.